The van der Waals surface area contributed by atoms with Crippen molar-refractivity contribution in [2.45, 2.75) is 0 Å². The van der Waals surface area contributed by atoms with Crippen molar-refractivity contribution in [3.63, 3.8) is 0 Å². The highest BCUT2D eigenvalue weighted by atomic mass is 16.3. The normalized spacial score (nSPS) is 13.0. The molecular weight excluding hydrogens is 613 g/mol. The molecule has 0 aliphatic carbocycles. The Hall–Kier alpha value is -6.85. The van der Waals surface area contributed by atoms with E-state index in [4.69, 9.17) is 21.2 Å². The van der Waals surface area contributed by atoms with Crippen LogP contribution in [0.15, 0.2) is 174 Å². The van der Waals surface area contributed by atoms with Gasteiger partial charge in [0.25, 0.3) is 0 Å². The second kappa shape index (κ2) is 11.4. The molecule has 10 aromatic rings. The van der Waals surface area contributed by atoms with Crippen LogP contribution in [0.1, 0.15) is 6.85 Å². The van der Waals surface area contributed by atoms with Crippen molar-refractivity contribution in [3.05, 3.63) is 170 Å². The lowest BCUT2D eigenvalue weighted by Crippen LogP contribution is -2.00. The molecule has 3 heterocycles. The van der Waals surface area contributed by atoms with Gasteiger partial charge >= 0.3 is 0 Å². The van der Waals surface area contributed by atoms with Crippen molar-refractivity contribution in [1.82, 2.24) is 19.5 Å². The Labute approximate surface area is 294 Å². The van der Waals surface area contributed by atoms with Crippen molar-refractivity contribution in [2.75, 3.05) is 0 Å². The van der Waals surface area contributed by atoms with Gasteiger partial charge in [-0.25, -0.2) is 15.0 Å². The zero-order valence-electron chi connectivity index (χ0n) is 31.5. The minimum absolute atomic E-state index is 0.0192. The number of para-hydroxylation sites is 3. The molecule has 5 nitrogen and oxygen atoms in total. The number of hydrogen-bond acceptors (Lipinski definition) is 4. The summed E-state index contributed by atoms with van der Waals surface area (Å²) in [6.07, 6.45) is 0. The minimum Gasteiger partial charge on any atom is -0.455 e. The Bertz CT molecular complexity index is 3130. The lowest BCUT2D eigenvalue weighted by molar-refractivity contribution is 0.670. The summed E-state index contributed by atoms with van der Waals surface area (Å²) >= 11 is 0. The largest absolute Gasteiger partial charge is 0.455 e. The van der Waals surface area contributed by atoms with Crippen molar-refractivity contribution < 1.29 is 11.3 Å². The predicted octanol–water partition coefficient (Wildman–Crippen LogP) is 11.5. The summed E-state index contributed by atoms with van der Waals surface area (Å²) in [5.41, 5.74) is 7.85. The van der Waals surface area contributed by atoms with E-state index < -0.39 is 18.1 Å². The summed E-state index contributed by atoms with van der Waals surface area (Å²) in [6.45, 7) is 0. The Kier molecular flexibility index (Phi) is 5.35. The third kappa shape index (κ3) is 4.52. The molecule has 0 bridgehead atoms. The van der Waals surface area contributed by atoms with Crippen molar-refractivity contribution in [2.24, 2.45) is 0 Å². The van der Waals surface area contributed by atoms with Gasteiger partial charge in [-0.2, -0.15) is 0 Å². The van der Waals surface area contributed by atoms with E-state index in [9.17, 15) is 0 Å². The molecule has 234 valence electrons. The first-order valence-electron chi connectivity index (χ1n) is 18.8. The molecule has 0 fully saturated rings. The molecule has 0 saturated heterocycles. The molecule has 7 aromatic carbocycles. The SMILES string of the molecule is [2H]c1c([2H])c([2H])c(-c2nc(-c3ccccc3)nc(-c3cccc4oc5c(-c6ccc7c(c6)c6ccccc6n7-c6ccccc6)cccc5c34)n2)c([2H])c1[2H]. The lowest BCUT2D eigenvalue weighted by Gasteiger charge is -2.09. The molecule has 50 heavy (non-hydrogen) atoms. The molecule has 10 rings (SSSR count). The van der Waals surface area contributed by atoms with Gasteiger partial charge in [-0.1, -0.05) is 133 Å². The van der Waals surface area contributed by atoms with Gasteiger partial charge in [-0.05, 0) is 42.0 Å². The lowest BCUT2D eigenvalue weighted by atomic mass is 9.99. The molecule has 0 atom stereocenters. The standard InChI is InChI=1S/C45H28N4O/c1-4-14-29(15-5-1)43-46-44(30-16-6-2-7-17-30)48-45(47-43)36-23-13-25-40-41(36)35-22-12-21-33(42(35)50-40)31-26-27-39-37(28-31)34-20-10-11-24-38(34)49(39)32-18-8-3-9-19-32/h1-28H/i1D,4D,5D,14D,15D. The number of aromatic nitrogens is 4. The van der Waals surface area contributed by atoms with Crippen LogP contribution < -0.4 is 0 Å². The van der Waals surface area contributed by atoms with E-state index in [1.54, 1.807) is 0 Å². The summed E-state index contributed by atoms with van der Waals surface area (Å²) in [6, 6.07) is 44.3. The maximum Gasteiger partial charge on any atom is 0.164 e. The number of fused-ring (bicyclic) bond motifs is 6. The van der Waals surface area contributed by atoms with E-state index in [0.717, 1.165) is 49.4 Å². The van der Waals surface area contributed by atoms with Crippen molar-refractivity contribution in [3.8, 4) is 51.0 Å². The van der Waals surface area contributed by atoms with Gasteiger partial charge in [-0.3, -0.25) is 0 Å². The van der Waals surface area contributed by atoms with Crippen LogP contribution in [0.3, 0.4) is 0 Å². The molecule has 0 amide bonds. The van der Waals surface area contributed by atoms with Gasteiger partial charge in [0, 0.05) is 49.5 Å². The number of nitrogens with zero attached hydrogens (tertiary/aromatic N) is 4. The summed E-state index contributed by atoms with van der Waals surface area (Å²) in [5.74, 6) is 0.569. The molecule has 5 heteroatoms. The van der Waals surface area contributed by atoms with Crippen LogP contribution in [0, 0.1) is 0 Å². The summed E-state index contributed by atoms with van der Waals surface area (Å²) in [5, 5.41) is 3.94. The monoisotopic (exact) mass is 645 g/mol. The van der Waals surface area contributed by atoms with Gasteiger partial charge in [0.1, 0.15) is 11.2 Å². The van der Waals surface area contributed by atoms with Gasteiger partial charge in [0.15, 0.2) is 17.5 Å². The Morgan fingerprint density at radius 3 is 1.98 bits per heavy atom. The molecule has 0 aliphatic heterocycles. The Morgan fingerprint density at radius 2 is 1.14 bits per heavy atom. The number of rotatable bonds is 5. The van der Waals surface area contributed by atoms with Crippen molar-refractivity contribution in [1.29, 1.82) is 0 Å². The van der Waals surface area contributed by atoms with E-state index in [2.05, 4.69) is 82.3 Å². The molecular formula is C45H28N4O. The van der Waals surface area contributed by atoms with Crippen LogP contribution in [0.2, 0.25) is 0 Å². The smallest absolute Gasteiger partial charge is 0.164 e. The predicted molar refractivity (Wildman–Crippen MR) is 203 cm³/mol. The minimum atomic E-state index is -0.483. The zero-order valence-corrected chi connectivity index (χ0v) is 26.5. The second-order valence-corrected chi connectivity index (χ2v) is 12.1. The summed E-state index contributed by atoms with van der Waals surface area (Å²) < 4.78 is 51.1. The maximum atomic E-state index is 8.69. The first-order valence-corrected chi connectivity index (χ1v) is 16.3. The molecule has 0 radical (unpaired) electrons. The van der Waals surface area contributed by atoms with Crippen LogP contribution in [-0.2, 0) is 0 Å². The maximum absolute atomic E-state index is 8.69. The molecule has 3 aromatic heterocycles. The topological polar surface area (TPSA) is 56.7 Å². The quantitative estimate of drug-likeness (QED) is 0.187. The second-order valence-electron chi connectivity index (χ2n) is 12.1. The van der Waals surface area contributed by atoms with E-state index in [-0.39, 0.29) is 29.3 Å². The van der Waals surface area contributed by atoms with Crippen LogP contribution >= 0.6 is 0 Å². The zero-order chi connectivity index (χ0) is 37.4. The third-order valence-electron chi connectivity index (χ3n) is 9.15. The third-order valence-corrected chi connectivity index (χ3v) is 9.15. The molecule has 0 saturated carbocycles. The fraction of sp³-hybridized carbons (Fsp3) is 0. The first-order chi connectivity index (χ1) is 26.9. The summed E-state index contributed by atoms with van der Waals surface area (Å²) in [7, 11) is 0. The molecule has 0 unspecified atom stereocenters. The van der Waals surface area contributed by atoms with E-state index in [1.807, 2.05) is 66.7 Å². The Morgan fingerprint density at radius 1 is 0.480 bits per heavy atom. The first kappa shape index (κ1) is 23.5. The fourth-order valence-corrected chi connectivity index (χ4v) is 6.94. The van der Waals surface area contributed by atoms with Crippen LogP contribution in [0.4, 0.5) is 0 Å². The molecule has 0 spiro atoms. The van der Waals surface area contributed by atoms with E-state index in [1.165, 1.54) is 0 Å². The average molecular weight is 646 g/mol. The number of hydrogen-bond donors (Lipinski definition) is 0. The Balaban J connectivity index is 1.19. The van der Waals surface area contributed by atoms with Crippen LogP contribution in [-0.4, -0.2) is 19.5 Å². The molecule has 0 aliphatic rings. The number of furan rings is 1. The average Bonchev–Trinajstić information content (AvgIpc) is 3.78. The van der Waals surface area contributed by atoms with E-state index in [0.29, 0.717) is 28.1 Å². The van der Waals surface area contributed by atoms with Gasteiger partial charge in [0.2, 0.25) is 0 Å². The van der Waals surface area contributed by atoms with Gasteiger partial charge in [0.05, 0.1) is 17.9 Å². The van der Waals surface area contributed by atoms with Gasteiger partial charge < -0.3 is 8.98 Å². The van der Waals surface area contributed by atoms with Crippen LogP contribution in [0.5, 0.6) is 0 Å². The summed E-state index contributed by atoms with van der Waals surface area (Å²) in [4.78, 5) is 14.4. The van der Waals surface area contributed by atoms with E-state index >= 15 is 0 Å². The van der Waals surface area contributed by atoms with Crippen molar-refractivity contribution >= 4 is 43.7 Å². The number of benzene rings is 7. The van der Waals surface area contributed by atoms with Gasteiger partial charge in [-0.15, -0.1) is 0 Å². The highest BCUT2D eigenvalue weighted by molar-refractivity contribution is 6.16. The fourth-order valence-electron chi connectivity index (χ4n) is 6.94. The molecule has 0 N–H and O–H groups in total. The highest BCUT2D eigenvalue weighted by Gasteiger charge is 2.20. The van der Waals surface area contributed by atoms with Crippen LogP contribution in [0.25, 0.3) is 94.7 Å². The highest BCUT2D eigenvalue weighted by Crippen LogP contribution is 2.42.